The summed E-state index contributed by atoms with van der Waals surface area (Å²) in [5.41, 5.74) is 5.95. The van der Waals surface area contributed by atoms with Crippen LogP contribution in [0.2, 0.25) is 0 Å². The van der Waals surface area contributed by atoms with Gasteiger partial charge in [-0.15, -0.1) is 0 Å². The third-order valence-electron chi connectivity index (χ3n) is 7.87. The predicted molar refractivity (Wildman–Crippen MR) is 139 cm³/mol. The van der Waals surface area contributed by atoms with Crippen LogP contribution >= 0.6 is 0 Å². The summed E-state index contributed by atoms with van der Waals surface area (Å²) in [5, 5.41) is 2.57. The maximum atomic E-state index is 13.5. The molecule has 0 saturated heterocycles. The zero-order chi connectivity index (χ0) is 25.8. The van der Waals surface area contributed by atoms with Crippen molar-refractivity contribution >= 4 is 5.91 Å². The lowest BCUT2D eigenvalue weighted by Gasteiger charge is -2.27. The number of benzene rings is 1. The second kappa shape index (κ2) is 9.05. The minimum atomic E-state index is -2.78. The summed E-state index contributed by atoms with van der Waals surface area (Å²) in [6.45, 7) is 16.2. The Morgan fingerprint density at radius 1 is 0.971 bits per heavy atom. The molecule has 1 unspecified atom stereocenters. The molecule has 2 aromatic rings. The Labute approximate surface area is 209 Å². The Morgan fingerprint density at radius 2 is 1.51 bits per heavy atom. The van der Waals surface area contributed by atoms with Gasteiger partial charge in [-0.25, -0.2) is 8.78 Å². The highest BCUT2D eigenvalue weighted by molar-refractivity contribution is 5.97. The largest absolute Gasteiger partial charge is 0.344 e. The molecule has 35 heavy (non-hydrogen) atoms. The molecular weight excluding hydrogens is 442 g/mol. The average molecular weight is 485 g/mol. The number of aromatic nitrogens is 1. The summed E-state index contributed by atoms with van der Waals surface area (Å²) < 4.78 is 29.3. The molecule has 1 aromatic heterocycles. The van der Waals surface area contributed by atoms with E-state index in [0.29, 0.717) is 11.5 Å². The van der Waals surface area contributed by atoms with Gasteiger partial charge in [0, 0.05) is 24.4 Å². The molecule has 0 radical (unpaired) electrons. The number of hydrogen-bond donors (Lipinski definition) is 1. The lowest BCUT2D eigenvalue weighted by molar-refractivity contribution is 0.0848. The van der Waals surface area contributed by atoms with Crippen molar-refractivity contribution in [1.29, 1.82) is 0 Å². The van der Waals surface area contributed by atoms with E-state index in [1.54, 1.807) is 0 Å². The minimum absolute atomic E-state index is 0.0242. The number of rotatable bonds is 5. The first-order chi connectivity index (χ1) is 16.2. The third kappa shape index (κ3) is 5.65. The number of nitrogens with zero attached hydrogens (tertiary/aromatic N) is 1. The molecule has 192 valence electrons. The summed E-state index contributed by atoms with van der Waals surface area (Å²) in [6, 6.07) is 7.68. The molecule has 1 aromatic carbocycles. The van der Waals surface area contributed by atoms with Gasteiger partial charge >= 0.3 is 0 Å². The van der Waals surface area contributed by atoms with Gasteiger partial charge < -0.3 is 9.88 Å². The minimum Gasteiger partial charge on any atom is -0.344 e. The van der Waals surface area contributed by atoms with Gasteiger partial charge in [-0.2, -0.15) is 0 Å². The molecule has 2 aliphatic rings. The van der Waals surface area contributed by atoms with Gasteiger partial charge in [-0.05, 0) is 71.4 Å². The van der Waals surface area contributed by atoms with Crippen LogP contribution in [0, 0.1) is 12.8 Å². The lowest BCUT2D eigenvalue weighted by atomic mass is 9.79. The van der Waals surface area contributed by atoms with E-state index < -0.39 is 17.9 Å². The number of nitrogens with one attached hydrogen (secondary N) is 1. The molecule has 1 N–H and O–H groups in total. The van der Waals surface area contributed by atoms with Crippen LogP contribution in [0.25, 0.3) is 11.3 Å². The van der Waals surface area contributed by atoms with E-state index in [1.165, 1.54) is 43.2 Å². The molecule has 3 nitrogen and oxygen atoms in total. The summed E-state index contributed by atoms with van der Waals surface area (Å²) in [7, 11) is 0. The van der Waals surface area contributed by atoms with Crippen molar-refractivity contribution in [3.8, 4) is 11.3 Å². The molecule has 2 fully saturated rings. The fourth-order valence-corrected chi connectivity index (χ4v) is 5.22. The second-order valence-corrected chi connectivity index (χ2v) is 12.9. The highest BCUT2D eigenvalue weighted by atomic mass is 19.3. The average Bonchev–Trinajstić information content (AvgIpc) is 3.22. The van der Waals surface area contributed by atoms with Crippen molar-refractivity contribution in [2.75, 3.05) is 0 Å². The number of carbonyl (C=O) groups is 1. The molecule has 5 heteroatoms. The highest BCUT2D eigenvalue weighted by Crippen LogP contribution is 2.42. The van der Waals surface area contributed by atoms with Crippen LogP contribution in [-0.4, -0.2) is 22.4 Å². The van der Waals surface area contributed by atoms with Crippen molar-refractivity contribution in [3.05, 3.63) is 46.6 Å². The van der Waals surface area contributed by atoms with E-state index in [9.17, 15) is 13.6 Å². The Hall–Kier alpha value is -2.17. The lowest BCUT2D eigenvalue weighted by Crippen LogP contribution is -2.29. The van der Waals surface area contributed by atoms with Crippen LogP contribution in [0.1, 0.15) is 107 Å². The van der Waals surface area contributed by atoms with Crippen LogP contribution in [0.5, 0.6) is 0 Å². The van der Waals surface area contributed by atoms with Crippen LogP contribution in [0.3, 0.4) is 0 Å². The summed E-state index contributed by atoms with van der Waals surface area (Å²) >= 11 is 0. The van der Waals surface area contributed by atoms with E-state index in [-0.39, 0.29) is 17.3 Å². The van der Waals surface area contributed by atoms with E-state index in [0.717, 1.165) is 23.5 Å². The topological polar surface area (TPSA) is 34.0 Å². The Morgan fingerprint density at radius 3 is 2.00 bits per heavy atom. The molecule has 1 amide bonds. The van der Waals surface area contributed by atoms with E-state index >= 15 is 0 Å². The quantitative estimate of drug-likeness (QED) is 0.462. The van der Waals surface area contributed by atoms with Crippen LogP contribution in [0.4, 0.5) is 8.78 Å². The van der Waals surface area contributed by atoms with Crippen LogP contribution in [0.15, 0.2) is 24.3 Å². The zero-order valence-corrected chi connectivity index (χ0v) is 22.5. The number of amides is 1. The second-order valence-electron chi connectivity index (χ2n) is 12.9. The zero-order valence-electron chi connectivity index (χ0n) is 22.5. The summed E-state index contributed by atoms with van der Waals surface area (Å²) in [5.74, 6) is -2.60. The molecule has 1 heterocycles. The maximum absolute atomic E-state index is 13.5. The van der Waals surface area contributed by atoms with Gasteiger partial charge in [-0.3, -0.25) is 4.79 Å². The summed E-state index contributed by atoms with van der Waals surface area (Å²) in [6.07, 6.45) is 5.91. The normalized spacial score (nSPS) is 20.7. The fourth-order valence-electron chi connectivity index (χ4n) is 5.22. The molecule has 0 aliphatic heterocycles. The standard InChI is InChI=1S/C30H42F2N2O/c1-19-24(27(35)33-26-17-30(26,31)32)16-25(34(19)18-20-11-9-8-10-12-20)21-13-22(28(2,3)4)15-23(14-21)29(5,6)7/h13-16,20,26H,8-12,17-18H2,1-7H3,(H,33,35). The summed E-state index contributed by atoms with van der Waals surface area (Å²) in [4.78, 5) is 13.1. The molecule has 2 saturated carbocycles. The maximum Gasteiger partial charge on any atom is 0.270 e. The molecular formula is C30H42F2N2O. The Balaban J connectivity index is 1.81. The molecule has 2 aliphatic carbocycles. The Bertz CT molecular complexity index is 1060. The van der Waals surface area contributed by atoms with Crippen LogP contribution < -0.4 is 5.32 Å². The van der Waals surface area contributed by atoms with Gasteiger partial charge in [0.25, 0.3) is 11.8 Å². The highest BCUT2D eigenvalue weighted by Gasteiger charge is 2.58. The van der Waals surface area contributed by atoms with Crippen molar-refractivity contribution in [3.63, 3.8) is 0 Å². The number of halogens is 2. The van der Waals surface area contributed by atoms with Gasteiger partial charge in [-0.1, -0.05) is 66.9 Å². The van der Waals surface area contributed by atoms with Crippen molar-refractivity contribution in [2.45, 2.75) is 116 Å². The number of carbonyl (C=O) groups excluding carboxylic acids is 1. The molecule has 1 atom stereocenters. The van der Waals surface area contributed by atoms with Gasteiger partial charge in [0.2, 0.25) is 0 Å². The number of hydrogen-bond acceptors (Lipinski definition) is 1. The van der Waals surface area contributed by atoms with Crippen molar-refractivity contribution < 1.29 is 13.6 Å². The molecule has 4 rings (SSSR count). The van der Waals surface area contributed by atoms with E-state index in [2.05, 4.69) is 69.6 Å². The van der Waals surface area contributed by atoms with Crippen molar-refractivity contribution in [2.24, 2.45) is 5.92 Å². The molecule has 0 bridgehead atoms. The van der Waals surface area contributed by atoms with Gasteiger partial charge in [0.1, 0.15) is 0 Å². The molecule has 0 spiro atoms. The van der Waals surface area contributed by atoms with Crippen molar-refractivity contribution in [1.82, 2.24) is 9.88 Å². The monoisotopic (exact) mass is 484 g/mol. The van der Waals surface area contributed by atoms with Gasteiger partial charge in [0.05, 0.1) is 11.6 Å². The number of alkyl halides is 2. The fraction of sp³-hybridized carbons (Fsp3) is 0.633. The van der Waals surface area contributed by atoms with Crippen LogP contribution in [-0.2, 0) is 17.4 Å². The van der Waals surface area contributed by atoms with E-state index in [4.69, 9.17) is 0 Å². The third-order valence-corrected chi connectivity index (χ3v) is 7.87. The first-order valence-corrected chi connectivity index (χ1v) is 13.2. The smallest absolute Gasteiger partial charge is 0.270 e. The van der Waals surface area contributed by atoms with E-state index in [1.807, 2.05) is 13.0 Å². The first-order valence-electron chi connectivity index (χ1n) is 13.2. The Kier molecular flexibility index (Phi) is 6.70. The van der Waals surface area contributed by atoms with Gasteiger partial charge in [0.15, 0.2) is 0 Å². The first kappa shape index (κ1) is 25.9. The SMILES string of the molecule is Cc1c(C(=O)NC2CC2(F)F)cc(-c2cc(C(C)(C)C)cc(C(C)(C)C)c2)n1CC1CCCCC1. The predicted octanol–water partition coefficient (Wildman–Crippen LogP) is 7.78.